The van der Waals surface area contributed by atoms with Gasteiger partial charge in [-0.15, -0.1) is 11.8 Å². The average molecular weight is 540 g/mol. The number of esters is 1. The second-order valence-corrected chi connectivity index (χ2v) is 9.66. The number of methoxy groups -OCH3 is 2. The number of ketones is 1. The Balaban J connectivity index is 1.37. The molecule has 1 atom stereocenters. The van der Waals surface area contributed by atoms with Gasteiger partial charge in [0.05, 0.1) is 30.7 Å². The first kappa shape index (κ1) is 26.2. The van der Waals surface area contributed by atoms with Gasteiger partial charge in [-0.2, -0.15) is 0 Å². The number of ether oxygens (including phenoxy) is 3. The van der Waals surface area contributed by atoms with Crippen LogP contribution in [-0.4, -0.2) is 49.6 Å². The Morgan fingerprint density at radius 1 is 0.919 bits per heavy atom. The van der Waals surface area contributed by atoms with Crippen molar-refractivity contribution in [1.29, 1.82) is 0 Å². The summed E-state index contributed by atoms with van der Waals surface area (Å²) in [6, 6.07) is 17.6. The fourth-order valence-electron chi connectivity index (χ4n) is 3.70. The zero-order valence-electron chi connectivity index (χ0n) is 19.9. The number of carbonyl (C=O) groups excluding carboxylic acids is 4. The van der Waals surface area contributed by atoms with Crippen molar-refractivity contribution >= 4 is 52.6 Å². The highest BCUT2D eigenvalue weighted by Gasteiger charge is 2.40. The molecule has 10 heteroatoms. The van der Waals surface area contributed by atoms with E-state index in [0.29, 0.717) is 27.8 Å². The number of anilines is 1. The van der Waals surface area contributed by atoms with Crippen molar-refractivity contribution in [2.45, 2.75) is 16.6 Å². The fraction of sp³-hybridized carbons (Fsp3) is 0.185. The zero-order chi connectivity index (χ0) is 26.5. The van der Waals surface area contributed by atoms with Gasteiger partial charge in [-0.25, -0.2) is 9.69 Å². The molecule has 3 aromatic carbocycles. The Morgan fingerprint density at radius 2 is 1.57 bits per heavy atom. The molecule has 2 amide bonds. The third-order valence-electron chi connectivity index (χ3n) is 5.60. The Kier molecular flexibility index (Phi) is 8.15. The Morgan fingerprint density at radius 3 is 2.22 bits per heavy atom. The SMILES string of the molecule is COc1ccc(C(=O)COC(=O)c2ccc(N3C(=O)CC(Sc4ccc(Cl)cc4)C3=O)cc2)cc1OC. The van der Waals surface area contributed by atoms with Gasteiger partial charge in [-0.3, -0.25) is 14.4 Å². The highest BCUT2D eigenvalue weighted by atomic mass is 35.5. The maximum Gasteiger partial charge on any atom is 0.338 e. The predicted molar refractivity (Wildman–Crippen MR) is 139 cm³/mol. The van der Waals surface area contributed by atoms with E-state index in [-0.39, 0.29) is 23.8 Å². The van der Waals surface area contributed by atoms with E-state index in [2.05, 4.69) is 0 Å². The van der Waals surface area contributed by atoms with Crippen LogP contribution in [0.25, 0.3) is 0 Å². The minimum absolute atomic E-state index is 0.0637. The van der Waals surface area contributed by atoms with Gasteiger partial charge in [0.25, 0.3) is 0 Å². The van der Waals surface area contributed by atoms with Gasteiger partial charge in [0, 0.05) is 21.9 Å². The molecule has 0 saturated carbocycles. The van der Waals surface area contributed by atoms with Crippen LogP contribution in [0.2, 0.25) is 5.02 Å². The number of nitrogens with zero attached hydrogens (tertiary/aromatic N) is 1. The van der Waals surface area contributed by atoms with Crippen LogP contribution < -0.4 is 14.4 Å². The summed E-state index contributed by atoms with van der Waals surface area (Å²) >= 11 is 7.20. The second kappa shape index (κ2) is 11.5. The number of carbonyl (C=O) groups is 4. The maximum absolute atomic E-state index is 12.9. The van der Waals surface area contributed by atoms with Gasteiger partial charge in [-0.1, -0.05) is 11.6 Å². The van der Waals surface area contributed by atoms with Gasteiger partial charge in [0.15, 0.2) is 23.9 Å². The third-order valence-corrected chi connectivity index (χ3v) is 7.05. The van der Waals surface area contributed by atoms with E-state index in [9.17, 15) is 19.2 Å². The first-order chi connectivity index (χ1) is 17.8. The summed E-state index contributed by atoms with van der Waals surface area (Å²) in [7, 11) is 2.94. The van der Waals surface area contributed by atoms with E-state index in [1.54, 1.807) is 36.4 Å². The lowest BCUT2D eigenvalue weighted by Crippen LogP contribution is -2.31. The van der Waals surface area contributed by atoms with Gasteiger partial charge in [0.1, 0.15) is 0 Å². The number of rotatable bonds is 9. The number of thioether (sulfide) groups is 1. The molecule has 1 heterocycles. The van der Waals surface area contributed by atoms with Crippen LogP contribution in [0.15, 0.2) is 71.6 Å². The summed E-state index contributed by atoms with van der Waals surface area (Å²) in [4.78, 5) is 52.4. The lowest BCUT2D eigenvalue weighted by molar-refractivity contribution is -0.121. The third kappa shape index (κ3) is 5.95. The molecular weight excluding hydrogens is 518 g/mol. The average Bonchev–Trinajstić information content (AvgIpc) is 3.20. The predicted octanol–water partition coefficient (Wildman–Crippen LogP) is 4.82. The molecule has 0 aliphatic carbocycles. The molecular formula is C27H22ClNO7S. The largest absolute Gasteiger partial charge is 0.493 e. The molecule has 1 aliphatic rings. The first-order valence-electron chi connectivity index (χ1n) is 11.1. The number of hydrogen-bond donors (Lipinski definition) is 0. The summed E-state index contributed by atoms with van der Waals surface area (Å²) in [6.07, 6.45) is 0.0637. The summed E-state index contributed by atoms with van der Waals surface area (Å²) in [5, 5.41) is 0.0321. The summed E-state index contributed by atoms with van der Waals surface area (Å²) in [6.45, 7) is -0.469. The minimum atomic E-state index is -0.712. The molecule has 0 N–H and O–H groups in total. The molecule has 0 radical (unpaired) electrons. The van der Waals surface area contributed by atoms with Crippen LogP contribution in [0, 0.1) is 0 Å². The molecule has 8 nitrogen and oxygen atoms in total. The quantitative estimate of drug-likeness (QED) is 0.217. The van der Waals surface area contributed by atoms with Crippen molar-refractivity contribution in [3.8, 4) is 11.5 Å². The Hall–Kier alpha value is -3.82. The fourth-order valence-corrected chi connectivity index (χ4v) is 4.88. The van der Waals surface area contributed by atoms with Crippen LogP contribution in [0.4, 0.5) is 5.69 Å². The highest BCUT2D eigenvalue weighted by Crippen LogP contribution is 2.34. The number of Topliss-reactive ketones (excluding diaryl/α,β-unsaturated/α-hetero) is 1. The van der Waals surface area contributed by atoms with E-state index in [4.69, 9.17) is 25.8 Å². The number of hydrogen-bond acceptors (Lipinski definition) is 8. The number of halogens is 1. The molecule has 1 fully saturated rings. The Labute approximate surface area is 222 Å². The van der Waals surface area contributed by atoms with Gasteiger partial charge < -0.3 is 14.2 Å². The molecule has 0 aromatic heterocycles. The van der Waals surface area contributed by atoms with Crippen LogP contribution >= 0.6 is 23.4 Å². The van der Waals surface area contributed by atoms with Crippen LogP contribution in [0.5, 0.6) is 11.5 Å². The summed E-state index contributed by atoms with van der Waals surface area (Å²) < 4.78 is 15.5. The standard InChI is InChI=1S/C27H22ClNO7S/c1-34-22-12-5-17(13-23(22)35-2)21(30)15-36-27(33)16-3-8-19(9-4-16)29-25(31)14-24(26(29)32)37-20-10-6-18(28)7-11-20/h3-13,24H,14-15H2,1-2H3. The first-order valence-corrected chi connectivity index (χ1v) is 12.4. The van der Waals surface area contributed by atoms with Gasteiger partial charge >= 0.3 is 5.97 Å². The van der Waals surface area contributed by atoms with Crippen LogP contribution in [0.3, 0.4) is 0 Å². The lowest BCUT2D eigenvalue weighted by atomic mass is 10.1. The van der Waals surface area contributed by atoms with E-state index < -0.39 is 23.6 Å². The molecule has 3 aromatic rings. The van der Waals surface area contributed by atoms with Gasteiger partial charge in [0.2, 0.25) is 11.8 Å². The minimum Gasteiger partial charge on any atom is -0.493 e. The number of imide groups is 1. The van der Waals surface area contributed by atoms with E-state index in [1.807, 2.05) is 0 Å². The van der Waals surface area contributed by atoms with E-state index >= 15 is 0 Å². The van der Waals surface area contributed by atoms with Crippen molar-refractivity contribution in [2.24, 2.45) is 0 Å². The van der Waals surface area contributed by atoms with Crippen LogP contribution in [0.1, 0.15) is 27.1 Å². The number of benzene rings is 3. The molecule has 1 aliphatic heterocycles. The topological polar surface area (TPSA) is 99.2 Å². The molecule has 4 rings (SSSR count). The van der Waals surface area contributed by atoms with Crippen LogP contribution in [-0.2, 0) is 14.3 Å². The molecule has 1 unspecified atom stereocenters. The molecule has 0 spiro atoms. The molecule has 0 bridgehead atoms. The number of amides is 2. The van der Waals surface area contributed by atoms with E-state index in [1.165, 1.54) is 56.3 Å². The van der Waals surface area contributed by atoms with Crippen molar-refractivity contribution in [3.63, 3.8) is 0 Å². The smallest absolute Gasteiger partial charge is 0.338 e. The molecule has 37 heavy (non-hydrogen) atoms. The zero-order valence-corrected chi connectivity index (χ0v) is 21.5. The maximum atomic E-state index is 12.9. The Bertz CT molecular complexity index is 1340. The van der Waals surface area contributed by atoms with E-state index in [0.717, 1.165) is 9.80 Å². The van der Waals surface area contributed by atoms with Crippen molar-refractivity contribution < 1.29 is 33.4 Å². The summed E-state index contributed by atoms with van der Waals surface area (Å²) in [5.74, 6) is -0.928. The van der Waals surface area contributed by atoms with Crippen molar-refractivity contribution in [3.05, 3.63) is 82.9 Å². The highest BCUT2D eigenvalue weighted by molar-refractivity contribution is 8.00. The second-order valence-electron chi connectivity index (χ2n) is 7.95. The normalized spacial score (nSPS) is 15.0. The summed E-state index contributed by atoms with van der Waals surface area (Å²) in [5.41, 5.74) is 0.833. The molecule has 1 saturated heterocycles. The van der Waals surface area contributed by atoms with Crippen molar-refractivity contribution in [1.82, 2.24) is 0 Å². The van der Waals surface area contributed by atoms with Crippen molar-refractivity contribution in [2.75, 3.05) is 25.7 Å². The lowest BCUT2D eigenvalue weighted by Gasteiger charge is -2.15. The molecule has 190 valence electrons. The monoisotopic (exact) mass is 539 g/mol. The van der Waals surface area contributed by atoms with Gasteiger partial charge in [-0.05, 0) is 66.7 Å².